The van der Waals surface area contributed by atoms with Crippen LogP contribution in [0.3, 0.4) is 0 Å². The summed E-state index contributed by atoms with van der Waals surface area (Å²) in [6, 6.07) is 1.69. The fourth-order valence-electron chi connectivity index (χ4n) is 2.65. The summed E-state index contributed by atoms with van der Waals surface area (Å²) < 4.78 is 69.9. The molecule has 0 spiro atoms. The molecule has 1 heterocycles. The van der Waals surface area contributed by atoms with E-state index in [9.17, 15) is 26.7 Å². The minimum atomic E-state index is -4.45. The van der Waals surface area contributed by atoms with Gasteiger partial charge in [0.25, 0.3) is 5.92 Å². The lowest BCUT2D eigenvalue weighted by Crippen LogP contribution is -2.22. The van der Waals surface area contributed by atoms with E-state index < -0.39 is 44.8 Å². The monoisotopic (exact) mass is 393 g/mol. The lowest BCUT2D eigenvalue weighted by Gasteiger charge is -2.16. The Hall–Kier alpha value is -1.84. The summed E-state index contributed by atoms with van der Waals surface area (Å²) in [7, 11) is -4.45. The van der Waals surface area contributed by atoms with Crippen LogP contribution >= 0.6 is 11.6 Å². The predicted molar refractivity (Wildman–Crippen MR) is 82.5 cm³/mol. The number of rotatable bonds is 4. The molecule has 5 nitrogen and oxygen atoms in total. The topological polar surface area (TPSA) is 76.5 Å². The number of benzene rings is 1. The summed E-state index contributed by atoms with van der Waals surface area (Å²) in [6.07, 6.45) is -0.690. The van der Waals surface area contributed by atoms with Crippen molar-refractivity contribution in [1.29, 1.82) is 0 Å². The Labute approximate surface area is 145 Å². The van der Waals surface area contributed by atoms with Gasteiger partial charge in [-0.15, -0.1) is 0 Å². The maximum atomic E-state index is 14.0. The van der Waals surface area contributed by atoms with Crippen molar-refractivity contribution in [3.8, 4) is 11.5 Å². The van der Waals surface area contributed by atoms with Crippen LogP contribution in [0, 0.1) is 0 Å². The number of hydrogen-bond donors (Lipinski definition) is 1. The number of alkyl halides is 3. The first-order valence-electron chi connectivity index (χ1n) is 6.94. The smallest absolute Gasteiger partial charge is 0.281 e. The van der Waals surface area contributed by atoms with Crippen LogP contribution in [0.2, 0.25) is 5.02 Å². The van der Waals surface area contributed by atoms with Gasteiger partial charge in [-0.05, 0) is 12.1 Å². The third kappa shape index (κ3) is 3.19. The first kappa shape index (κ1) is 18.0. The normalized spacial score (nSPS) is 18.8. The average molecular weight is 394 g/mol. The Balaban J connectivity index is 2.15. The van der Waals surface area contributed by atoms with E-state index in [4.69, 9.17) is 16.3 Å². The van der Waals surface area contributed by atoms with Crippen molar-refractivity contribution in [1.82, 2.24) is 4.98 Å². The Morgan fingerprint density at radius 2 is 2.08 bits per heavy atom. The molecule has 1 unspecified atom stereocenters. The van der Waals surface area contributed by atoms with Crippen LogP contribution in [0.1, 0.15) is 17.2 Å². The first-order chi connectivity index (χ1) is 11.7. The zero-order chi connectivity index (χ0) is 18.4. The fraction of sp³-hybridized carbons (Fsp3) is 0.267. The van der Waals surface area contributed by atoms with Gasteiger partial charge in [0.1, 0.15) is 17.6 Å². The molecule has 2 aromatic rings. The van der Waals surface area contributed by atoms with Gasteiger partial charge in [-0.1, -0.05) is 11.6 Å². The van der Waals surface area contributed by atoms with Gasteiger partial charge in [-0.2, -0.15) is 0 Å². The van der Waals surface area contributed by atoms with Crippen molar-refractivity contribution in [2.45, 2.75) is 23.3 Å². The van der Waals surface area contributed by atoms with Crippen LogP contribution in [0.25, 0.3) is 0 Å². The van der Waals surface area contributed by atoms with Crippen molar-refractivity contribution in [3.05, 3.63) is 46.7 Å². The molecule has 1 atom stereocenters. The highest BCUT2D eigenvalue weighted by Gasteiger charge is 2.50. The molecule has 10 heteroatoms. The highest BCUT2D eigenvalue weighted by Crippen LogP contribution is 2.49. The summed E-state index contributed by atoms with van der Waals surface area (Å²) in [5.74, 6) is -3.55. The molecule has 0 saturated heterocycles. The van der Waals surface area contributed by atoms with Gasteiger partial charge in [0.2, 0.25) is 9.84 Å². The molecule has 1 aliphatic carbocycles. The molecule has 0 aliphatic heterocycles. The van der Waals surface area contributed by atoms with Crippen LogP contribution in [0.5, 0.6) is 11.5 Å². The summed E-state index contributed by atoms with van der Waals surface area (Å²) in [5.41, 5.74) is -0.748. The number of sulfone groups is 1. The van der Waals surface area contributed by atoms with Gasteiger partial charge >= 0.3 is 0 Å². The van der Waals surface area contributed by atoms with E-state index in [0.29, 0.717) is 0 Å². The van der Waals surface area contributed by atoms with E-state index in [1.807, 2.05) is 0 Å². The lowest BCUT2D eigenvalue weighted by molar-refractivity contribution is -0.0976. The number of aliphatic hydroxyl groups excluding tert-OH is 1. The first-order valence-corrected chi connectivity index (χ1v) is 8.97. The molecule has 1 N–H and O–H groups in total. The average Bonchev–Trinajstić information content (AvgIpc) is 2.78. The number of aromatic nitrogens is 1. The molecule has 0 saturated carbocycles. The van der Waals surface area contributed by atoms with Crippen LogP contribution in [0.15, 0.2) is 35.5 Å². The molecule has 0 bridgehead atoms. The molecule has 1 aromatic heterocycles. The molecule has 0 fully saturated rings. The van der Waals surface area contributed by atoms with Crippen molar-refractivity contribution >= 4 is 21.4 Å². The van der Waals surface area contributed by atoms with Gasteiger partial charge in [0.05, 0.1) is 16.1 Å². The molecule has 134 valence electrons. The maximum absolute atomic E-state index is 14.0. The quantitative estimate of drug-likeness (QED) is 0.861. The van der Waals surface area contributed by atoms with Gasteiger partial charge in [0.15, 0.2) is 6.01 Å². The second-order valence-corrected chi connectivity index (χ2v) is 7.78. The molecular formula is C15H11ClF3NO4S. The minimum absolute atomic E-state index is 0.0897. The van der Waals surface area contributed by atoms with Crippen molar-refractivity contribution in [3.63, 3.8) is 0 Å². The zero-order valence-electron chi connectivity index (χ0n) is 12.4. The number of hydrogen-bond acceptors (Lipinski definition) is 5. The van der Waals surface area contributed by atoms with Crippen molar-refractivity contribution in [2.75, 3.05) is 6.01 Å². The number of nitrogens with zero attached hydrogens (tertiary/aromatic N) is 1. The summed E-state index contributed by atoms with van der Waals surface area (Å²) in [5, 5.41) is 10.1. The van der Waals surface area contributed by atoms with Gasteiger partial charge in [-0.3, -0.25) is 4.98 Å². The standard InChI is InChI=1S/C15H11ClF3NO4S/c16-8-3-9(6-20-5-8)24-11-1-2-12(25(22,23)7-17)13-10(11)4-15(18,19)14(13)21/h1-3,5-6,14,21H,4,7H2. The SMILES string of the molecule is O=S(=O)(CF)c1ccc(Oc2cncc(Cl)c2)c2c1C(O)C(F)(F)C2. The molecule has 0 radical (unpaired) electrons. The second-order valence-electron chi connectivity index (χ2n) is 5.46. The summed E-state index contributed by atoms with van der Waals surface area (Å²) in [6.45, 7) is 0. The fourth-order valence-corrected chi connectivity index (χ4v) is 3.78. The van der Waals surface area contributed by atoms with Crippen LogP contribution in [-0.2, 0) is 16.3 Å². The van der Waals surface area contributed by atoms with E-state index in [-0.39, 0.29) is 22.1 Å². The van der Waals surface area contributed by atoms with Gasteiger partial charge in [0, 0.05) is 29.8 Å². The molecule has 3 rings (SSSR count). The largest absolute Gasteiger partial charge is 0.455 e. The van der Waals surface area contributed by atoms with E-state index in [1.54, 1.807) is 0 Å². The van der Waals surface area contributed by atoms with E-state index in [2.05, 4.69) is 4.98 Å². The summed E-state index contributed by atoms with van der Waals surface area (Å²) >= 11 is 5.78. The molecule has 25 heavy (non-hydrogen) atoms. The Morgan fingerprint density at radius 3 is 2.72 bits per heavy atom. The number of ether oxygens (including phenoxy) is 1. The van der Waals surface area contributed by atoms with Gasteiger partial charge < -0.3 is 9.84 Å². The predicted octanol–water partition coefficient (Wildman–Crippen LogP) is 3.45. The van der Waals surface area contributed by atoms with E-state index in [0.717, 1.165) is 12.1 Å². The van der Waals surface area contributed by atoms with Crippen LogP contribution < -0.4 is 4.74 Å². The third-order valence-electron chi connectivity index (χ3n) is 3.75. The lowest BCUT2D eigenvalue weighted by atomic mass is 10.1. The Kier molecular flexibility index (Phi) is 4.42. The number of halogens is 4. The zero-order valence-corrected chi connectivity index (χ0v) is 14.0. The number of fused-ring (bicyclic) bond motifs is 1. The molecular weight excluding hydrogens is 383 g/mol. The van der Waals surface area contributed by atoms with Crippen molar-refractivity contribution < 1.29 is 31.4 Å². The number of pyridine rings is 1. The third-order valence-corrected chi connectivity index (χ3v) is 5.27. The number of aliphatic hydroxyl groups is 1. The molecule has 1 aromatic carbocycles. The molecule has 1 aliphatic rings. The Bertz CT molecular complexity index is 936. The molecule has 0 amide bonds. The van der Waals surface area contributed by atoms with E-state index >= 15 is 0 Å². The highest BCUT2D eigenvalue weighted by molar-refractivity contribution is 7.91. The minimum Gasteiger partial charge on any atom is -0.455 e. The maximum Gasteiger partial charge on any atom is 0.281 e. The van der Waals surface area contributed by atoms with Crippen LogP contribution in [0.4, 0.5) is 13.2 Å². The van der Waals surface area contributed by atoms with Crippen molar-refractivity contribution in [2.24, 2.45) is 0 Å². The van der Waals surface area contributed by atoms with Crippen LogP contribution in [-0.4, -0.2) is 30.4 Å². The second kappa shape index (κ2) is 6.15. The van der Waals surface area contributed by atoms with Gasteiger partial charge in [-0.25, -0.2) is 21.6 Å². The van der Waals surface area contributed by atoms with E-state index in [1.165, 1.54) is 18.5 Å². The summed E-state index contributed by atoms with van der Waals surface area (Å²) in [4.78, 5) is 3.11. The highest BCUT2D eigenvalue weighted by atomic mass is 35.5. The Morgan fingerprint density at radius 1 is 1.36 bits per heavy atom.